The van der Waals surface area contributed by atoms with Crippen molar-refractivity contribution in [3.05, 3.63) is 59.3 Å². The normalized spacial score (nSPS) is 21.2. The van der Waals surface area contributed by atoms with Crippen molar-refractivity contribution < 1.29 is 23.9 Å². The highest BCUT2D eigenvalue weighted by Gasteiger charge is 2.45. The molecule has 4 heterocycles. The number of benzene rings is 2. The number of hydrogen-bond acceptors (Lipinski definition) is 7. The van der Waals surface area contributed by atoms with Crippen molar-refractivity contribution in [2.75, 3.05) is 44.6 Å². The molecule has 1 saturated carbocycles. The van der Waals surface area contributed by atoms with Crippen molar-refractivity contribution in [3.63, 3.8) is 0 Å². The van der Waals surface area contributed by atoms with Crippen molar-refractivity contribution in [2.45, 2.75) is 76.0 Å². The van der Waals surface area contributed by atoms with E-state index in [1.807, 2.05) is 48.2 Å². The first-order valence-electron chi connectivity index (χ1n) is 16.4. The van der Waals surface area contributed by atoms with Gasteiger partial charge in [-0.1, -0.05) is 43.5 Å². The van der Waals surface area contributed by atoms with Gasteiger partial charge in [0.15, 0.2) is 6.10 Å². The molecule has 4 aliphatic rings. The zero-order valence-corrected chi connectivity index (χ0v) is 25.9. The van der Waals surface area contributed by atoms with Crippen LogP contribution < -0.4 is 5.32 Å². The lowest BCUT2D eigenvalue weighted by Gasteiger charge is -2.44. The number of amides is 3. The summed E-state index contributed by atoms with van der Waals surface area (Å²) in [6.07, 6.45) is 7.37. The van der Waals surface area contributed by atoms with Crippen LogP contribution in [0.2, 0.25) is 0 Å². The minimum Gasteiger partial charge on any atom is -0.438 e. The molecule has 1 spiro atoms. The number of anilines is 1. The number of aromatic nitrogens is 2. The summed E-state index contributed by atoms with van der Waals surface area (Å²) in [6.45, 7) is 5.67. The molecule has 3 aromatic rings. The van der Waals surface area contributed by atoms with Gasteiger partial charge in [0.25, 0.3) is 5.91 Å². The number of para-hydroxylation sites is 1. The highest BCUT2D eigenvalue weighted by Crippen LogP contribution is 2.43. The summed E-state index contributed by atoms with van der Waals surface area (Å²) < 4.78 is 11.9. The van der Waals surface area contributed by atoms with Crippen LogP contribution in [0.5, 0.6) is 0 Å². The molecule has 11 nitrogen and oxygen atoms in total. The van der Waals surface area contributed by atoms with Gasteiger partial charge in [0.1, 0.15) is 5.60 Å². The summed E-state index contributed by atoms with van der Waals surface area (Å²) in [5.41, 5.74) is 3.77. The Morgan fingerprint density at radius 1 is 1.02 bits per heavy atom. The van der Waals surface area contributed by atoms with Crippen molar-refractivity contribution in [3.8, 4) is 0 Å². The lowest BCUT2D eigenvalue weighted by molar-refractivity contribution is -0.143. The quantitative estimate of drug-likeness (QED) is 0.417. The Hall–Kier alpha value is -4.12. The predicted molar refractivity (Wildman–Crippen MR) is 169 cm³/mol. The summed E-state index contributed by atoms with van der Waals surface area (Å²) >= 11 is 0. The molecular formula is C34H42N6O5. The van der Waals surface area contributed by atoms with Crippen LogP contribution in [0.1, 0.15) is 61.6 Å². The van der Waals surface area contributed by atoms with Gasteiger partial charge in [0.05, 0.1) is 17.4 Å². The minimum atomic E-state index is -0.948. The molecule has 2 saturated heterocycles. The zero-order valence-electron chi connectivity index (χ0n) is 25.9. The molecule has 1 aromatic heterocycles. The predicted octanol–water partition coefficient (Wildman–Crippen LogP) is 4.95. The van der Waals surface area contributed by atoms with Crippen LogP contribution in [0.4, 0.5) is 15.3 Å². The third-order valence-electron chi connectivity index (χ3n) is 10.2. The number of likely N-dealkylation sites (tertiary alicyclic amines) is 1. The van der Waals surface area contributed by atoms with E-state index in [1.165, 1.54) is 32.1 Å². The standard InChI is InChI=1S/C34H42N6O5/c1-23-19-24(20-25-22-35-37-30(23)25)21-29(31(41)39-17-15-38(16-18-39)26-7-3-2-4-8-26)44-33(43)40-13-11-34(12-14-40)27-9-5-6-10-28(27)36-32(42)45-34/h5-6,9-10,19-20,22,26,29H,2-4,7-8,11-18,21H2,1H3,(H,35,37)(H,36,42). The maximum absolute atomic E-state index is 14.0. The number of rotatable bonds is 5. The van der Waals surface area contributed by atoms with E-state index in [0.717, 1.165) is 46.4 Å². The van der Waals surface area contributed by atoms with Gasteiger partial charge in [0, 0.05) is 75.5 Å². The Kier molecular flexibility index (Phi) is 8.12. The summed E-state index contributed by atoms with van der Waals surface area (Å²) in [5, 5.41) is 10.9. The van der Waals surface area contributed by atoms with Crippen molar-refractivity contribution in [1.82, 2.24) is 24.9 Å². The largest absolute Gasteiger partial charge is 0.438 e. The number of nitrogens with zero attached hydrogens (tertiary/aromatic N) is 4. The van der Waals surface area contributed by atoms with Gasteiger partial charge >= 0.3 is 12.2 Å². The molecule has 238 valence electrons. The van der Waals surface area contributed by atoms with Crippen LogP contribution in [0.3, 0.4) is 0 Å². The maximum atomic E-state index is 14.0. The molecular weight excluding hydrogens is 572 g/mol. The van der Waals surface area contributed by atoms with Gasteiger partial charge in [-0.3, -0.25) is 20.1 Å². The van der Waals surface area contributed by atoms with E-state index in [2.05, 4.69) is 20.4 Å². The summed E-state index contributed by atoms with van der Waals surface area (Å²) in [4.78, 5) is 46.1. The van der Waals surface area contributed by atoms with Crippen LogP contribution in [-0.4, -0.2) is 94.4 Å². The number of nitrogens with one attached hydrogen (secondary N) is 2. The molecule has 45 heavy (non-hydrogen) atoms. The molecule has 1 atom stereocenters. The fourth-order valence-corrected chi connectivity index (χ4v) is 7.76. The highest BCUT2D eigenvalue weighted by atomic mass is 16.6. The van der Waals surface area contributed by atoms with Gasteiger partial charge in [0.2, 0.25) is 0 Å². The number of aromatic amines is 1. The van der Waals surface area contributed by atoms with E-state index in [0.29, 0.717) is 45.1 Å². The molecule has 1 aliphatic carbocycles. The Balaban J connectivity index is 1.05. The summed E-state index contributed by atoms with van der Waals surface area (Å²) in [7, 11) is 0. The van der Waals surface area contributed by atoms with Crippen LogP contribution in [-0.2, 0) is 26.3 Å². The van der Waals surface area contributed by atoms with Gasteiger partial charge in [-0.25, -0.2) is 9.59 Å². The van der Waals surface area contributed by atoms with Crippen LogP contribution in [0.25, 0.3) is 10.9 Å². The van der Waals surface area contributed by atoms with Crippen LogP contribution in [0, 0.1) is 6.92 Å². The van der Waals surface area contributed by atoms with E-state index in [-0.39, 0.29) is 12.3 Å². The molecule has 0 radical (unpaired) electrons. The Bertz CT molecular complexity index is 1570. The molecule has 3 aliphatic heterocycles. The first-order valence-corrected chi connectivity index (χ1v) is 16.4. The lowest BCUT2D eigenvalue weighted by atomic mass is 9.82. The molecule has 0 bridgehead atoms. The third-order valence-corrected chi connectivity index (χ3v) is 10.2. The SMILES string of the molecule is Cc1cc(CC(OC(=O)N2CCC3(CC2)OC(=O)Nc2ccccc23)C(=O)N2CCN(C3CCCCC3)CC2)cc2cn[nH]c12. The molecule has 2 N–H and O–H groups in total. The molecule has 3 amide bonds. The van der Waals surface area contributed by atoms with Crippen molar-refractivity contribution in [2.24, 2.45) is 0 Å². The van der Waals surface area contributed by atoms with Gasteiger partial charge in [-0.15, -0.1) is 0 Å². The second-order valence-electron chi connectivity index (χ2n) is 13.0. The van der Waals surface area contributed by atoms with E-state index >= 15 is 0 Å². The average Bonchev–Trinajstić information content (AvgIpc) is 3.54. The van der Waals surface area contributed by atoms with E-state index in [4.69, 9.17) is 9.47 Å². The van der Waals surface area contributed by atoms with E-state index in [9.17, 15) is 14.4 Å². The number of H-pyrrole nitrogens is 1. The third kappa shape index (κ3) is 5.97. The summed E-state index contributed by atoms with van der Waals surface area (Å²) in [6, 6.07) is 12.3. The van der Waals surface area contributed by atoms with Gasteiger partial charge in [-0.2, -0.15) is 5.10 Å². The molecule has 11 heteroatoms. The Labute approximate surface area is 263 Å². The highest BCUT2D eigenvalue weighted by molar-refractivity contribution is 5.89. The Morgan fingerprint density at radius 3 is 2.56 bits per heavy atom. The zero-order chi connectivity index (χ0) is 31.0. The second-order valence-corrected chi connectivity index (χ2v) is 13.0. The Morgan fingerprint density at radius 2 is 1.78 bits per heavy atom. The second kappa shape index (κ2) is 12.3. The molecule has 2 aromatic carbocycles. The van der Waals surface area contributed by atoms with Gasteiger partial charge in [-0.05, 0) is 43.0 Å². The fourth-order valence-electron chi connectivity index (χ4n) is 7.76. The van der Waals surface area contributed by atoms with Crippen molar-refractivity contribution >= 4 is 34.7 Å². The first-order chi connectivity index (χ1) is 21.9. The number of fused-ring (bicyclic) bond motifs is 3. The molecule has 3 fully saturated rings. The number of carbonyl (C=O) groups is 3. The molecule has 1 unspecified atom stereocenters. The fraction of sp³-hybridized carbons (Fsp3) is 0.529. The number of piperidine rings is 1. The number of piperazine rings is 1. The van der Waals surface area contributed by atoms with E-state index in [1.54, 1.807) is 11.1 Å². The maximum Gasteiger partial charge on any atom is 0.412 e. The van der Waals surface area contributed by atoms with Gasteiger partial charge < -0.3 is 19.3 Å². The smallest absolute Gasteiger partial charge is 0.412 e. The average molecular weight is 615 g/mol. The summed E-state index contributed by atoms with van der Waals surface area (Å²) in [5.74, 6) is -0.147. The number of hydrogen-bond donors (Lipinski definition) is 2. The first kappa shape index (κ1) is 29.6. The van der Waals surface area contributed by atoms with Crippen LogP contribution in [0.15, 0.2) is 42.6 Å². The number of carbonyl (C=O) groups excluding carboxylic acids is 3. The molecule has 7 rings (SSSR count). The topological polar surface area (TPSA) is 120 Å². The monoisotopic (exact) mass is 614 g/mol. The number of ether oxygens (including phenoxy) is 2. The lowest BCUT2D eigenvalue weighted by Crippen LogP contribution is -2.55. The number of aryl methyl sites for hydroxylation is 1. The van der Waals surface area contributed by atoms with E-state index < -0.39 is 23.9 Å². The minimum absolute atomic E-state index is 0.147. The van der Waals surface area contributed by atoms with Crippen molar-refractivity contribution in [1.29, 1.82) is 0 Å². The van der Waals surface area contributed by atoms with Crippen LogP contribution >= 0.6 is 0 Å².